The van der Waals surface area contributed by atoms with Crippen LogP contribution in [0.4, 0.5) is 0 Å². The molecule has 0 unspecified atom stereocenters. The van der Waals surface area contributed by atoms with E-state index in [0.29, 0.717) is 16.9 Å². The maximum atomic E-state index is 12.5. The molecule has 27 heavy (non-hydrogen) atoms. The molecule has 0 aliphatic heterocycles. The van der Waals surface area contributed by atoms with Gasteiger partial charge in [0.25, 0.3) is 11.1 Å². The summed E-state index contributed by atoms with van der Waals surface area (Å²) in [5.41, 5.74) is 1.04. The molecule has 1 N–H and O–H groups in total. The zero-order valence-electron chi connectivity index (χ0n) is 14.1. The summed E-state index contributed by atoms with van der Waals surface area (Å²) in [6.07, 6.45) is 1.54. The summed E-state index contributed by atoms with van der Waals surface area (Å²) in [5, 5.41) is 13.3. The predicted octanol–water partition coefficient (Wildman–Crippen LogP) is 4.39. The second-order valence-corrected chi connectivity index (χ2v) is 7.47. The number of furan rings is 1. The number of thiophene rings is 1. The van der Waals surface area contributed by atoms with Crippen molar-refractivity contribution in [1.29, 1.82) is 0 Å². The molecule has 4 aromatic rings. The average Bonchev–Trinajstić information content (AvgIpc) is 3.47. The lowest BCUT2D eigenvalue weighted by molar-refractivity contribution is -0.119. The number of carbonyl (C=O) groups is 1. The molecule has 0 radical (unpaired) electrons. The molecule has 8 heteroatoms. The van der Waals surface area contributed by atoms with Gasteiger partial charge in [0.2, 0.25) is 5.91 Å². The molecule has 6 nitrogen and oxygen atoms in total. The molecule has 136 valence electrons. The van der Waals surface area contributed by atoms with Gasteiger partial charge in [0.1, 0.15) is 0 Å². The van der Waals surface area contributed by atoms with E-state index in [-0.39, 0.29) is 17.7 Å². The SMILES string of the molecule is O=C(CSc1nnc(-c2ccco2)o1)N[C@H](c1ccccc1)c1cccs1. The zero-order valence-corrected chi connectivity index (χ0v) is 15.7. The Labute approximate surface area is 163 Å². The van der Waals surface area contributed by atoms with Gasteiger partial charge in [-0.3, -0.25) is 4.79 Å². The third kappa shape index (κ3) is 4.29. The van der Waals surface area contributed by atoms with Crippen LogP contribution in [0.1, 0.15) is 16.5 Å². The van der Waals surface area contributed by atoms with Crippen molar-refractivity contribution in [3.63, 3.8) is 0 Å². The van der Waals surface area contributed by atoms with Crippen LogP contribution < -0.4 is 5.32 Å². The molecule has 0 bridgehead atoms. The fourth-order valence-electron chi connectivity index (χ4n) is 2.52. The van der Waals surface area contributed by atoms with Crippen molar-refractivity contribution in [2.45, 2.75) is 11.3 Å². The molecule has 3 heterocycles. The minimum Gasteiger partial charge on any atom is -0.459 e. The van der Waals surface area contributed by atoms with Crippen LogP contribution in [0.2, 0.25) is 0 Å². The first-order valence-corrected chi connectivity index (χ1v) is 10.0. The highest BCUT2D eigenvalue weighted by Gasteiger charge is 2.19. The molecular weight excluding hydrogens is 382 g/mol. The summed E-state index contributed by atoms with van der Waals surface area (Å²) in [6, 6.07) is 17.2. The Hall–Kier alpha value is -2.84. The average molecular weight is 397 g/mol. The van der Waals surface area contributed by atoms with Crippen molar-refractivity contribution in [3.8, 4) is 11.7 Å². The first-order valence-electron chi connectivity index (χ1n) is 8.17. The van der Waals surface area contributed by atoms with Crippen LogP contribution in [0.25, 0.3) is 11.7 Å². The van der Waals surface area contributed by atoms with Crippen LogP contribution in [-0.2, 0) is 4.79 Å². The molecule has 0 saturated heterocycles. The molecule has 4 rings (SSSR count). The largest absolute Gasteiger partial charge is 0.459 e. The Balaban J connectivity index is 1.40. The van der Waals surface area contributed by atoms with Gasteiger partial charge in [-0.1, -0.05) is 48.2 Å². The highest BCUT2D eigenvalue weighted by Crippen LogP contribution is 2.27. The number of hydrogen-bond donors (Lipinski definition) is 1. The number of nitrogens with one attached hydrogen (secondary N) is 1. The van der Waals surface area contributed by atoms with Gasteiger partial charge in [0.05, 0.1) is 18.1 Å². The molecule has 1 aromatic carbocycles. The minimum atomic E-state index is -0.180. The van der Waals surface area contributed by atoms with Gasteiger partial charge in [-0.05, 0) is 29.1 Å². The molecule has 3 aromatic heterocycles. The zero-order chi connectivity index (χ0) is 18.5. The highest BCUT2D eigenvalue weighted by atomic mass is 32.2. The number of hydrogen-bond acceptors (Lipinski definition) is 7. The fourth-order valence-corrected chi connectivity index (χ4v) is 3.89. The molecule has 1 amide bonds. The summed E-state index contributed by atoms with van der Waals surface area (Å²) in [4.78, 5) is 13.6. The Morgan fingerprint density at radius 3 is 2.74 bits per heavy atom. The number of amides is 1. The van der Waals surface area contributed by atoms with Crippen LogP contribution in [0.3, 0.4) is 0 Å². The van der Waals surface area contributed by atoms with Gasteiger partial charge in [-0.2, -0.15) is 0 Å². The fraction of sp³-hybridized carbons (Fsp3) is 0.105. The van der Waals surface area contributed by atoms with E-state index in [9.17, 15) is 4.79 Å². The lowest BCUT2D eigenvalue weighted by atomic mass is 10.1. The molecule has 0 saturated carbocycles. The normalized spacial score (nSPS) is 12.0. The van der Waals surface area contributed by atoms with Gasteiger partial charge in [0.15, 0.2) is 5.76 Å². The number of aromatic nitrogens is 2. The van der Waals surface area contributed by atoms with Crippen molar-refractivity contribution in [3.05, 3.63) is 76.7 Å². The van der Waals surface area contributed by atoms with E-state index in [1.807, 2.05) is 47.8 Å². The second kappa shape index (κ2) is 8.24. The van der Waals surface area contributed by atoms with E-state index >= 15 is 0 Å². The second-order valence-electron chi connectivity index (χ2n) is 5.57. The van der Waals surface area contributed by atoms with Gasteiger partial charge in [-0.25, -0.2) is 0 Å². The molecule has 0 aliphatic rings. The first kappa shape index (κ1) is 17.6. The summed E-state index contributed by atoms with van der Waals surface area (Å²) in [6.45, 7) is 0. The van der Waals surface area contributed by atoms with E-state index in [1.165, 1.54) is 18.0 Å². The summed E-state index contributed by atoms with van der Waals surface area (Å²) < 4.78 is 10.7. The molecule has 1 atom stereocenters. The Morgan fingerprint density at radius 2 is 2.00 bits per heavy atom. The van der Waals surface area contributed by atoms with E-state index in [4.69, 9.17) is 8.83 Å². The maximum absolute atomic E-state index is 12.5. The van der Waals surface area contributed by atoms with Crippen molar-refractivity contribution < 1.29 is 13.6 Å². The van der Waals surface area contributed by atoms with Crippen LogP contribution in [0, 0.1) is 0 Å². The van der Waals surface area contributed by atoms with E-state index in [2.05, 4.69) is 15.5 Å². The smallest absolute Gasteiger partial charge is 0.284 e. The number of carbonyl (C=O) groups excluding carboxylic acids is 1. The summed E-state index contributed by atoms with van der Waals surface area (Å²) in [7, 11) is 0. The van der Waals surface area contributed by atoms with Gasteiger partial charge in [0, 0.05) is 4.88 Å². The highest BCUT2D eigenvalue weighted by molar-refractivity contribution is 7.99. The lowest BCUT2D eigenvalue weighted by Crippen LogP contribution is -2.30. The number of nitrogens with zero attached hydrogens (tertiary/aromatic N) is 2. The van der Waals surface area contributed by atoms with Crippen LogP contribution >= 0.6 is 23.1 Å². The quantitative estimate of drug-likeness (QED) is 0.466. The van der Waals surface area contributed by atoms with Gasteiger partial charge >= 0.3 is 0 Å². The maximum Gasteiger partial charge on any atom is 0.284 e. The first-order chi connectivity index (χ1) is 13.3. The summed E-state index contributed by atoms with van der Waals surface area (Å²) in [5.74, 6) is 0.860. The lowest BCUT2D eigenvalue weighted by Gasteiger charge is -2.17. The molecular formula is C19H15N3O3S2. The van der Waals surface area contributed by atoms with Crippen LogP contribution in [0.15, 0.2) is 80.3 Å². The van der Waals surface area contributed by atoms with Gasteiger partial charge in [-0.15, -0.1) is 21.5 Å². The Morgan fingerprint density at radius 1 is 1.11 bits per heavy atom. The predicted molar refractivity (Wildman–Crippen MR) is 103 cm³/mol. The molecule has 0 aliphatic carbocycles. The van der Waals surface area contributed by atoms with Gasteiger partial charge < -0.3 is 14.2 Å². The topological polar surface area (TPSA) is 81.2 Å². The Bertz CT molecular complexity index is 983. The number of benzene rings is 1. The van der Waals surface area contributed by atoms with Crippen LogP contribution in [-0.4, -0.2) is 21.9 Å². The Kier molecular flexibility index (Phi) is 5.36. The van der Waals surface area contributed by atoms with Crippen LogP contribution in [0.5, 0.6) is 0 Å². The van der Waals surface area contributed by atoms with Crippen molar-refractivity contribution >= 4 is 29.0 Å². The third-order valence-corrected chi connectivity index (χ3v) is 5.49. The monoisotopic (exact) mass is 397 g/mol. The number of thioether (sulfide) groups is 1. The van der Waals surface area contributed by atoms with E-state index < -0.39 is 0 Å². The van der Waals surface area contributed by atoms with Crippen molar-refractivity contribution in [1.82, 2.24) is 15.5 Å². The van der Waals surface area contributed by atoms with Crippen molar-refractivity contribution in [2.24, 2.45) is 0 Å². The van der Waals surface area contributed by atoms with E-state index in [0.717, 1.165) is 10.4 Å². The van der Waals surface area contributed by atoms with E-state index in [1.54, 1.807) is 23.5 Å². The summed E-state index contributed by atoms with van der Waals surface area (Å²) >= 11 is 2.80. The molecule has 0 spiro atoms. The standard InChI is InChI=1S/C19H15N3O3S2/c23-16(12-27-19-22-21-18(25-19)14-8-4-10-24-14)20-17(15-9-5-11-26-15)13-6-2-1-3-7-13/h1-11,17H,12H2,(H,20,23)/t17-/m1/s1. The minimum absolute atomic E-state index is 0.111. The third-order valence-electron chi connectivity index (χ3n) is 3.73. The molecule has 0 fully saturated rings. The van der Waals surface area contributed by atoms with Crippen molar-refractivity contribution in [2.75, 3.05) is 5.75 Å². The number of rotatable bonds is 7.